The van der Waals surface area contributed by atoms with Crippen LogP contribution < -0.4 is 4.74 Å². The zero-order chi connectivity index (χ0) is 22.6. The van der Waals surface area contributed by atoms with Gasteiger partial charge in [0.25, 0.3) is 0 Å². The van der Waals surface area contributed by atoms with Gasteiger partial charge in [0, 0.05) is 36.1 Å². The highest BCUT2D eigenvalue weighted by molar-refractivity contribution is 7.10. The molecule has 2 heterocycles. The van der Waals surface area contributed by atoms with E-state index in [9.17, 15) is 18.3 Å². The van der Waals surface area contributed by atoms with Crippen LogP contribution in [0.3, 0.4) is 0 Å². The van der Waals surface area contributed by atoms with Gasteiger partial charge in [-0.2, -0.15) is 13.2 Å². The molecule has 0 saturated carbocycles. The largest absolute Gasteiger partial charge is 0.493 e. The second-order valence-corrected chi connectivity index (χ2v) is 8.79. The molecule has 1 N–H and O–H groups in total. The van der Waals surface area contributed by atoms with Crippen LogP contribution >= 0.6 is 11.3 Å². The van der Waals surface area contributed by atoms with Crippen molar-refractivity contribution in [3.63, 3.8) is 0 Å². The number of alkyl halides is 3. The number of aliphatic hydroxyl groups is 1. The summed E-state index contributed by atoms with van der Waals surface area (Å²) in [6.07, 6.45) is -1.92. The maximum atomic E-state index is 12.7. The topological polar surface area (TPSA) is 51.6 Å². The smallest absolute Gasteiger partial charge is 0.416 e. The summed E-state index contributed by atoms with van der Waals surface area (Å²) in [5.74, 6) is 1.13. The number of benzene rings is 2. The van der Waals surface area contributed by atoms with Crippen LogP contribution in [0, 0.1) is 5.92 Å². The Morgan fingerprint density at radius 2 is 1.84 bits per heavy atom. The molecule has 1 saturated heterocycles. The van der Waals surface area contributed by atoms with Crippen LogP contribution in [0.4, 0.5) is 13.2 Å². The standard InChI is InChI=1S/C24H24F3NO3S/c25-24(26,27)20-4-1-16(2-5-20)11-23-28-21(15-32-23)18-3-6-22(19(12-18)13-29)31-14-17-7-9-30-10-8-17/h1-6,12,15,17,29H,7-11,13-14H2. The Bertz CT molecular complexity index is 1030. The molecule has 0 amide bonds. The average molecular weight is 464 g/mol. The number of hydrogen-bond acceptors (Lipinski definition) is 5. The maximum Gasteiger partial charge on any atom is 0.416 e. The van der Waals surface area contributed by atoms with Crippen molar-refractivity contribution in [2.45, 2.75) is 32.0 Å². The fraction of sp³-hybridized carbons (Fsp3) is 0.375. The lowest BCUT2D eigenvalue weighted by molar-refractivity contribution is -0.137. The first-order chi connectivity index (χ1) is 15.4. The Hall–Kier alpha value is -2.42. The summed E-state index contributed by atoms with van der Waals surface area (Å²) in [6, 6.07) is 10.8. The van der Waals surface area contributed by atoms with Gasteiger partial charge in [0.1, 0.15) is 5.75 Å². The summed E-state index contributed by atoms with van der Waals surface area (Å²) in [4.78, 5) is 4.63. The Labute approximate surface area is 188 Å². The molecule has 0 aliphatic carbocycles. The molecule has 170 valence electrons. The van der Waals surface area contributed by atoms with Crippen LogP contribution in [0.1, 0.15) is 34.5 Å². The van der Waals surface area contributed by atoms with E-state index in [-0.39, 0.29) is 6.61 Å². The Balaban J connectivity index is 1.42. The van der Waals surface area contributed by atoms with Crippen molar-refractivity contribution >= 4 is 11.3 Å². The third-order valence-electron chi connectivity index (χ3n) is 5.53. The average Bonchev–Trinajstić information content (AvgIpc) is 3.26. The minimum Gasteiger partial charge on any atom is -0.493 e. The molecule has 4 nitrogen and oxygen atoms in total. The van der Waals surface area contributed by atoms with E-state index in [1.165, 1.54) is 23.5 Å². The zero-order valence-corrected chi connectivity index (χ0v) is 18.2. The van der Waals surface area contributed by atoms with Crippen molar-refractivity contribution in [1.82, 2.24) is 4.98 Å². The number of ether oxygens (including phenoxy) is 2. The first kappa shape index (κ1) is 22.8. The molecule has 1 aromatic heterocycles. The van der Waals surface area contributed by atoms with Gasteiger partial charge >= 0.3 is 6.18 Å². The molecule has 32 heavy (non-hydrogen) atoms. The quantitative estimate of drug-likeness (QED) is 0.487. The van der Waals surface area contributed by atoms with Gasteiger partial charge in [0.05, 0.1) is 29.5 Å². The molecule has 1 aliphatic heterocycles. The Morgan fingerprint density at radius 3 is 2.53 bits per heavy atom. The SMILES string of the molecule is OCc1cc(-c2csc(Cc3ccc(C(F)(F)F)cc3)n2)ccc1OCC1CCOCC1. The molecule has 4 rings (SSSR count). The first-order valence-corrected chi connectivity index (χ1v) is 11.4. The van der Waals surface area contributed by atoms with Crippen LogP contribution in [0.5, 0.6) is 5.75 Å². The molecule has 3 aromatic rings. The van der Waals surface area contributed by atoms with Gasteiger partial charge in [-0.05, 0) is 54.7 Å². The lowest BCUT2D eigenvalue weighted by Gasteiger charge is -2.22. The molecule has 1 fully saturated rings. The van der Waals surface area contributed by atoms with Gasteiger partial charge in [-0.15, -0.1) is 11.3 Å². The minimum atomic E-state index is -4.34. The second-order valence-electron chi connectivity index (χ2n) is 7.85. The maximum absolute atomic E-state index is 12.7. The number of halogens is 3. The van der Waals surface area contributed by atoms with Crippen molar-refractivity contribution in [2.24, 2.45) is 5.92 Å². The van der Waals surface area contributed by atoms with E-state index in [2.05, 4.69) is 4.98 Å². The molecule has 0 bridgehead atoms. The third-order valence-corrected chi connectivity index (χ3v) is 6.38. The van der Waals surface area contributed by atoms with Gasteiger partial charge in [-0.1, -0.05) is 12.1 Å². The van der Waals surface area contributed by atoms with E-state index in [1.54, 1.807) is 0 Å². The predicted octanol–water partition coefficient (Wildman–Crippen LogP) is 5.72. The van der Waals surface area contributed by atoms with E-state index in [0.717, 1.165) is 60.0 Å². The second kappa shape index (κ2) is 10.0. The molecule has 1 aliphatic rings. The highest BCUT2D eigenvalue weighted by Crippen LogP contribution is 2.31. The van der Waals surface area contributed by atoms with Crippen molar-refractivity contribution in [3.05, 3.63) is 69.5 Å². The molecule has 0 unspecified atom stereocenters. The van der Waals surface area contributed by atoms with E-state index in [0.29, 0.717) is 30.3 Å². The molecule has 2 aromatic carbocycles. The highest BCUT2D eigenvalue weighted by atomic mass is 32.1. The van der Waals surface area contributed by atoms with Gasteiger partial charge in [-0.25, -0.2) is 4.98 Å². The van der Waals surface area contributed by atoms with Crippen molar-refractivity contribution in [1.29, 1.82) is 0 Å². The van der Waals surface area contributed by atoms with Crippen molar-refractivity contribution in [3.8, 4) is 17.0 Å². The predicted molar refractivity (Wildman–Crippen MR) is 117 cm³/mol. The van der Waals surface area contributed by atoms with Crippen LogP contribution in [-0.4, -0.2) is 29.9 Å². The van der Waals surface area contributed by atoms with Crippen molar-refractivity contribution < 1.29 is 27.8 Å². The van der Waals surface area contributed by atoms with Gasteiger partial charge < -0.3 is 14.6 Å². The van der Waals surface area contributed by atoms with Crippen LogP contribution in [0.15, 0.2) is 47.8 Å². The molecular weight excluding hydrogens is 439 g/mol. The fourth-order valence-corrected chi connectivity index (χ4v) is 4.47. The summed E-state index contributed by atoms with van der Waals surface area (Å²) in [6.45, 7) is 1.99. The molecule has 0 spiro atoms. The number of aliphatic hydroxyl groups excluding tert-OH is 1. The van der Waals surface area contributed by atoms with Crippen molar-refractivity contribution in [2.75, 3.05) is 19.8 Å². The van der Waals surface area contributed by atoms with E-state index >= 15 is 0 Å². The van der Waals surface area contributed by atoms with Gasteiger partial charge in [0.15, 0.2) is 0 Å². The van der Waals surface area contributed by atoms with E-state index in [1.807, 2.05) is 23.6 Å². The molecule has 0 atom stereocenters. The Kier molecular flexibility index (Phi) is 7.13. The summed E-state index contributed by atoms with van der Waals surface area (Å²) >= 11 is 1.46. The van der Waals surface area contributed by atoms with Gasteiger partial charge in [-0.3, -0.25) is 0 Å². The molecule has 8 heteroatoms. The Morgan fingerprint density at radius 1 is 1.09 bits per heavy atom. The fourth-order valence-electron chi connectivity index (χ4n) is 3.63. The highest BCUT2D eigenvalue weighted by Gasteiger charge is 2.29. The monoisotopic (exact) mass is 463 g/mol. The summed E-state index contributed by atoms with van der Waals surface area (Å²) in [7, 11) is 0. The van der Waals surface area contributed by atoms with E-state index < -0.39 is 11.7 Å². The summed E-state index contributed by atoms with van der Waals surface area (Å²) in [5.41, 5.74) is 2.44. The van der Waals surface area contributed by atoms with E-state index in [4.69, 9.17) is 9.47 Å². The lowest BCUT2D eigenvalue weighted by Crippen LogP contribution is -2.21. The van der Waals surface area contributed by atoms with Crippen LogP contribution in [-0.2, 0) is 23.9 Å². The van der Waals surface area contributed by atoms with Gasteiger partial charge in [0.2, 0.25) is 0 Å². The number of aromatic nitrogens is 1. The first-order valence-electron chi connectivity index (χ1n) is 10.5. The molecule has 0 radical (unpaired) electrons. The normalized spacial score (nSPS) is 15.1. The third kappa shape index (κ3) is 5.68. The summed E-state index contributed by atoms with van der Waals surface area (Å²) in [5, 5.41) is 12.5. The number of thiazole rings is 1. The number of nitrogens with zero attached hydrogens (tertiary/aromatic N) is 1. The number of hydrogen-bond donors (Lipinski definition) is 1. The molecular formula is C24H24F3NO3S. The zero-order valence-electron chi connectivity index (χ0n) is 17.4. The minimum absolute atomic E-state index is 0.139. The summed E-state index contributed by atoms with van der Waals surface area (Å²) < 4.78 is 49.5. The number of rotatable bonds is 7. The van der Waals surface area contributed by atoms with Crippen LogP contribution in [0.25, 0.3) is 11.3 Å². The van der Waals surface area contributed by atoms with Crippen LogP contribution in [0.2, 0.25) is 0 Å². The lowest BCUT2D eigenvalue weighted by atomic mass is 10.0.